The third-order valence-electron chi connectivity index (χ3n) is 2.42. The van der Waals surface area contributed by atoms with E-state index in [1.165, 1.54) is 26.3 Å². The molecule has 1 rings (SSSR count). The van der Waals surface area contributed by atoms with E-state index in [4.69, 9.17) is 5.11 Å². The lowest BCUT2D eigenvalue weighted by atomic mass is 10.1. The summed E-state index contributed by atoms with van der Waals surface area (Å²) >= 11 is 0. The molecule has 0 fully saturated rings. The van der Waals surface area contributed by atoms with E-state index in [2.05, 4.69) is 15.4 Å². The molecule has 0 aromatic heterocycles. The summed E-state index contributed by atoms with van der Waals surface area (Å²) < 4.78 is 4.46. The van der Waals surface area contributed by atoms with E-state index in [0.717, 1.165) is 5.56 Å². The van der Waals surface area contributed by atoms with Crippen molar-refractivity contribution in [2.45, 2.75) is 12.5 Å². The third kappa shape index (κ3) is 3.97. The zero-order valence-electron chi connectivity index (χ0n) is 10.3. The van der Waals surface area contributed by atoms with Gasteiger partial charge in [-0.25, -0.2) is 4.79 Å². The predicted octanol–water partition coefficient (Wildman–Crippen LogP) is 0.405. The molecule has 2 amide bonds. The van der Waals surface area contributed by atoms with Crippen LogP contribution in [-0.4, -0.2) is 37.3 Å². The average molecular weight is 252 g/mol. The van der Waals surface area contributed by atoms with Crippen molar-refractivity contribution in [2.24, 2.45) is 0 Å². The fourth-order valence-corrected chi connectivity index (χ4v) is 1.45. The molecule has 0 saturated carbocycles. The highest BCUT2D eigenvalue weighted by Gasteiger charge is 2.20. The summed E-state index contributed by atoms with van der Waals surface area (Å²) in [5.41, 5.74) is 0.817. The highest BCUT2D eigenvalue weighted by atomic mass is 16.5. The van der Waals surface area contributed by atoms with Crippen molar-refractivity contribution < 1.29 is 19.4 Å². The van der Waals surface area contributed by atoms with Crippen LogP contribution in [0.15, 0.2) is 24.3 Å². The van der Waals surface area contributed by atoms with E-state index in [0.29, 0.717) is 6.42 Å². The molecule has 0 bridgehead atoms. The first-order chi connectivity index (χ1) is 8.56. The number of ether oxygens (including phenoxy) is 1. The Morgan fingerprint density at radius 1 is 1.33 bits per heavy atom. The monoisotopic (exact) mass is 252 g/mol. The fourth-order valence-electron chi connectivity index (χ4n) is 1.45. The van der Waals surface area contributed by atoms with Crippen LogP contribution in [0.25, 0.3) is 0 Å². The Hall–Kier alpha value is -2.24. The minimum absolute atomic E-state index is 0.149. The number of hydrogen-bond acceptors (Lipinski definition) is 4. The molecule has 1 aromatic carbocycles. The van der Waals surface area contributed by atoms with Crippen LogP contribution in [-0.2, 0) is 16.0 Å². The molecule has 1 aromatic rings. The standard InChI is InChI=1S/C12H16N2O4/c1-13-11(16)10(14-12(17)18-2)7-8-3-5-9(15)6-4-8/h3-6,10,15H,7H2,1-2H3,(H,13,16)(H,14,17). The molecule has 1 unspecified atom stereocenters. The second-order valence-electron chi connectivity index (χ2n) is 3.67. The molecule has 6 nitrogen and oxygen atoms in total. The van der Waals surface area contributed by atoms with E-state index in [9.17, 15) is 9.59 Å². The minimum Gasteiger partial charge on any atom is -0.508 e. The number of phenols is 1. The Morgan fingerprint density at radius 2 is 1.94 bits per heavy atom. The summed E-state index contributed by atoms with van der Waals surface area (Å²) in [5.74, 6) is -0.162. The predicted molar refractivity (Wildman–Crippen MR) is 65.2 cm³/mol. The molecule has 0 heterocycles. The van der Waals surface area contributed by atoms with Gasteiger partial charge in [-0.2, -0.15) is 0 Å². The molecular weight excluding hydrogens is 236 g/mol. The number of carbonyl (C=O) groups is 2. The maximum atomic E-state index is 11.6. The Labute approximate surface area is 105 Å². The SMILES string of the molecule is CNC(=O)C(Cc1ccc(O)cc1)NC(=O)OC. The first-order valence-electron chi connectivity index (χ1n) is 5.40. The lowest BCUT2D eigenvalue weighted by Crippen LogP contribution is -2.47. The van der Waals surface area contributed by atoms with Crippen molar-refractivity contribution in [2.75, 3.05) is 14.2 Å². The van der Waals surface area contributed by atoms with Crippen molar-refractivity contribution in [3.63, 3.8) is 0 Å². The third-order valence-corrected chi connectivity index (χ3v) is 2.42. The lowest BCUT2D eigenvalue weighted by Gasteiger charge is -2.16. The van der Waals surface area contributed by atoms with Crippen LogP contribution in [0.2, 0.25) is 0 Å². The van der Waals surface area contributed by atoms with Gasteiger partial charge >= 0.3 is 6.09 Å². The molecule has 18 heavy (non-hydrogen) atoms. The molecule has 0 aliphatic heterocycles. The highest BCUT2D eigenvalue weighted by Crippen LogP contribution is 2.11. The van der Waals surface area contributed by atoms with E-state index < -0.39 is 12.1 Å². The number of alkyl carbamates (subject to hydrolysis) is 1. The van der Waals surface area contributed by atoms with Gasteiger partial charge in [0.25, 0.3) is 0 Å². The van der Waals surface area contributed by atoms with Gasteiger partial charge in [0.05, 0.1) is 7.11 Å². The van der Waals surface area contributed by atoms with Gasteiger partial charge in [-0.05, 0) is 17.7 Å². The summed E-state index contributed by atoms with van der Waals surface area (Å²) in [6.07, 6.45) is -0.350. The summed E-state index contributed by atoms with van der Waals surface area (Å²) in [6, 6.07) is 5.70. The van der Waals surface area contributed by atoms with Gasteiger partial charge in [0.2, 0.25) is 5.91 Å². The Kier molecular flexibility index (Phi) is 4.98. The maximum absolute atomic E-state index is 11.6. The molecule has 0 saturated heterocycles. The highest BCUT2D eigenvalue weighted by molar-refractivity contribution is 5.85. The summed E-state index contributed by atoms with van der Waals surface area (Å²) in [6.45, 7) is 0. The Morgan fingerprint density at radius 3 is 2.44 bits per heavy atom. The van der Waals surface area contributed by atoms with Gasteiger partial charge in [-0.1, -0.05) is 12.1 Å². The lowest BCUT2D eigenvalue weighted by molar-refractivity contribution is -0.122. The number of likely N-dealkylation sites (N-methyl/N-ethyl adjacent to an activating group) is 1. The van der Waals surface area contributed by atoms with Gasteiger partial charge < -0.3 is 20.5 Å². The van der Waals surface area contributed by atoms with Gasteiger partial charge in [0.1, 0.15) is 11.8 Å². The second-order valence-corrected chi connectivity index (χ2v) is 3.67. The quantitative estimate of drug-likeness (QED) is 0.724. The molecule has 0 aliphatic rings. The van der Waals surface area contributed by atoms with E-state index in [1.54, 1.807) is 12.1 Å². The van der Waals surface area contributed by atoms with E-state index >= 15 is 0 Å². The fraction of sp³-hybridized carbons (Fsp3) is 0.333. The minimum atomic E-state index is -0.716. The number of rotatable bonds is 4. The normalized spacial score (nSPS) is 11.4. The average Bonchev–Trinajstić information content (AvgIpc) is 2.39. The molecule has 98 valence electrons. The van der Waals surface area contributed by atoms with Crippen LogP contribution in [0.1, 0.15) is 5.56 Å². The van der Waals surface area contributed by atoms with Crippen molar-refractivity contribution in [1.82, 2.24) is 10.6 Å². The first-order valence-corrected chi connectivity index (χ1v) is 5.40. The van der Waals surface area contributed by atoms with Crippen LogP contribution in [0.5, 0.6) is 5.75 Å². The van der Waals surface area contributed by atoms with Crippen molar-refractivity contribution >= 4 is 12.0 Å². The van der Waals surface area contributed by atoms with Crippen LogP contribution < -0.4 is 10.6 Å². The zero-order valence-corrected chi connectivity index (χ0v) is 10.3. The summed E-state index contributed by atoms with van der Waals surface area (Å²) in [4.78, 5) is 22.7. The number of hydrogen-bond donors (Lipinski definition) is 3. The zero-order chi connectivity index (χ0) is 13.5. The van der Waals surface area contributed by atoms with Gasteiger partial charge in [-0.15, -0.1) is 0 Å². The Balaban J connectivity index is 2.74. The maximum Gasteiger partial charge on any atom is 0.407 e. The molecular formula is C12H16N2O4. The summed E-state index contributed by atoms with van der Waals surface area (Å²) in [7, 11) is 2.72. The molecule has 0 spiro atoms. The van der Waals surface area contributed by atoms with Crippen LogP contribution in [0.4, 0.5) is 4.79 Å². The number of amides is 2. The first kappa shape index (κ1) is 13.8. The summed E-state index contributed by atoms with van der Waals surface area (Å²) in [5, 5.41) is 14.1. The van der Waals surface area contributed by atoms with Crippen LogP contribution >= 0.6 is 0 Å². The number of methoxy groups -OCH3 is 1. The number of carbonyl (C=O) groups excluding carboxylic acids is 2. The largest absolute Gasteiger partial charge is 0.508 e. The van der Waals surface area contributed by atoms with E-state index in [1.807, 2.05) is 0 Å². The number of aromatic hydroxyl groups is 1. The smallest absolute Gasteiger partial charge is 0.407 e. The van der Waals surface area contributed by atoms with Crippen molar-refractivity contribution in [3.05, 3.63) is 29.8 Å². The van der Waals surface area contributed by atoms with Crippen molar-refractivity contribution in [3.8, 4) is 5.75 Å². The van der Waals surface area contributed by atoms with Crippen LogP contribution in [0.3, 0.4) is 0 Å². The number of phenolic OH excluding ortho intramolecular Hbond substituents is 1. The topological polar surface area (TPSA) is 87.7 Å². The molecule has 0 aliphatic carbocycles. The van der Waals surface area contributed by atoms with Crippen molar-refractivity contribution in [1.29, 1.82) is 0 Å². The van der Waals surface area contributed by atoms with E-state index in [-0.39, 0.29) is 11.7 Å². The number of benzene rings is 1. The van der Waals surface area contributed by atoms with Crippen LogP contribution in [0, 0.1) is 0 Å². The van der Waals surface area contributed by atoms with Gasteiger partial charge in [0.15, 0.2) is 0 Å². The second kappa shape index (κ2) is 6.48. The molecule has 1 atom stereocenters. The number of nitrogens with one attached hydrogen (secondary N) is 2. The molecule has 6 heteroatoms. The molecule has 0 radical (unpaired) electrons. The molecule has 3 N–H and O–H groups in total. The van der Waals surface area contributed by atoms with Gasteiger partial charge in [-0.3, -0.25) is 4.79 Å². The van der Waals surface area contributed by atoms with Gasteiger partial charge in [0, 0.05) is 13.5 Å². The Bertz CT molecular complexity index is 417.